The zero-order valence-electron chi connectivity index (χ0n) is 30.5. The van der Waals surface area contributed by atoms with E-state index in [1.165, 1.54) is 32.9 Å². The SMILES string of the molecule is COc1cc2c(cc1O)CCNC21CS[C@@H]2c3c(OC(C)=O)c(C)c4c(c3[C@@H](COC1O)N1C2[C@@H]2N[C@H](Cc3cc(C)c(OC)c(O)c32)[C@@H]1C#N)OCO4. The molecule has 7 heterocycles. The van der Waals surface area contributed by atoms with Gasteiger partial charge in [-0.25, -0.2) is 0 Å². The van der Waals surface area contributed by atoms with Crippen LogP contribution >= 0.6 is 11.8 Å². The minimum Gasteiger partial charge on any atom is -0.504 e. The average Bonchev–Trinajstić information content (AvgIpc) is 3.64. The van der Waals surface area contributed by atoms with Crippen LogP contribution in [0.5, 0.6) is 40.2 Å². The molecule has 0 aliphatic carbocycles. The van der Waals surface area contributed by atoms with E-state index in [1.54, 1.807) is 12.1 Å². The Hall–Kier alpha value is -4.43. The largest absolute Gasteiger partial charge is 0.504 e. The number of methoxy groups -OCH3 is 2. The molecule has 8 atom stereocenters. The van der Waals surface area contributed by atoms with Crippen LogP contribution in [0.25, 0.3) is 0 Å². The Morgan fingerprint density at radius 3 is 2.61 bits per heavy atom. The van der Waals surface area contributed by atoms with Crippen LogP contribution in [0.15, 0.2) is 18.2 Å². The first-order valence-electron chi connectivity index (χ1n) is 18.1. The number of hydrogen-bond acceptors (Lipinski definition) is 15. The molecule has 10 rings (SSSR count). The van der Waals surface area contributed by atoms with Crippen molar-refractivity contribution in [3.8, 4) is 46.3 Å². The molecule has 15 heteroatoms. The van der Waals surface area contributed by atoms with Crippen LogP contribution in [0.2, 0.25) is 0 Å². The Bertz CT molecular complexity index is 2140. The fraction of sp³-hybridized carbons (Fsp3) is 0.487. The molecule has 2 fully saturated rings. The summed E-state index contributed by atoms with van der Waals surface area (Å²) in [4.78, 5) is 15.1. The number of phenolic OH excluding ortho intramolecular Hbond substituents is 2. The molecule has 0 radical (unpaired) electrons. The van der Waals surface area contributed by atoms with E-state index in [1.807, 2.05) is 19.9 Å². The van der Waals surface area contributed by atoms with Crippen LogP contribution in [-0.4, -0.2) is 90.5 Å². The van der Waals surface area contributed by atoms with Crippen LogP contribution in [0.3, 0.4) is 0 Å². The van der Waals surface area contributed by atoms with Gasteiger partial charge in [-0.3, -0.25) is 9.69 Å². The van der Waals surface area contributed by atoms with Gasteiger partial charge in [0.25, 0.3) is 0 Å². The second-order valence-corrected chi connectivity index (χ2v) is 15.9. The molecule has 2 saturated heterocycles. The zero-order chi connectivity index (χ0) is 37.8. The van der Waals surface area contributed by atoms with Crippen LogP contribution in [0.1, 0.15) is 68.8 Å². The van der Waals surface area contributed by atoms with Gasteiger partial charge in [0.1, 0.15) is 17.3 Å². The molecule has 284 valence electrons. The van der Waals surface area contributed by atoms with Crippen molar-refractivity contribution in [2.24, 2.45) is 0 Å². The lowest BCUT2D eigenvalue weighted by molar-refractivity contribution is -0.170. The topological polar surface area (TPSA) is 184 Å². The summed E-state index contributed by atoms with van der Waals surface area (Å²) >= 11 is 1.53. The highest BCUT2D eigenvalue weighted by Crippen LogP contribution is 2.63. The summed E-state index contributed by atoms with van der Waals surface area (Å²) in [5.41, 5.74) is 4.81. The van der Waals surface area contributed by atoms with E-state index in [-0.39, 0.29) is 42.4 Å². The summed E-state index contributed by atoms with van der Waals surface area (Å²) in [6.45, 7) is 5.46. The van der Waals surface area contributed by atoms with Gasteiger partial charge < -0.3 is 54.4 Å². The number of esters is 1. The number of nitrogens with zero attached hydrogens (tertiary/aromatic N) is 2. The van der Waals surface area contributed by atoms with Crippen molar-refractivity contribution in [2.45, 2.75) is 80.9 Å². The highest BCUT2D eigenvalue weighted by molar-refractivity contribution is 7.99. The van der Waals surface area contributed by atoms with E-state index in [0.717, 1.165) is 22.3 Å². The molecule has 54 heavy (non-hydrogen) atoms. The van der Waals surface area contributed by atoms with Crippen LogP contribution < -0.4 is 34.3 Å². The number of benzene rings is 3. The smallest absolute Gasteiger partial charge is 0.308 e. The third-order valence-electron chi connectivity index (χ3n) is 12.1. The summed E-state index contributed by atoms with van der Waals surface area (Å²) in [5, 5.41) is 52.7. The molecule has 0 saturated carbocycles. The normalized spacial score (nSPS) is 30.4. The maximum atomic E-state index is 12.9. The van der Waals surface area contributed by atoms with Gasteiger partial charge in [-0.2, -0.15) is 5.26 Å². The zero-order valence-corrected chi connectivity index (χ0v) is 31.3. The summed E-state index contributed by atoms with van der Waals surface area (Å²) in [7, 11) is 3.02. The fourth-order valence-electron chi connectivity index (χ4n) is 9.92. The van der Waals surface area contributed by atoms with E-state index in [9.17, 15) is 25.4 Å². The second-order valence-electron chi connectivity index (χ2n) is 14.8. The Morgan fingerprint density at radius 2 is 1.87 bits per heavy atom. The van der Waals surface area contributed by atoms with E-state index in [2.05, 4.69) is 21.6 Å². The molecule has 3 aromatic carbocycles. The van der Waals surface area contributed by atoms with Crippen molar-refractivity contribution in [1.82, 2.24) is 15.5 Å². The van der Waals surface area contributed by atoms with Crippen molar-refractivity contribution in [2.75, 3.05) is 39.9 Å². The number of hydrogen-bond donors (Lipinski definition) is 5. The minimum absolute atomic E-state index is 0.00393. The number of nitrogens with one attached hydrogen (secondary N) is 2. The molecule has 14 nitrogen and oxygen atoms in total. The van der Waals surface area contributed by atoms with Gasteiger partial charge in [0, 0.05) is 53.6 Å². The molecular formula is C39H42N4O10S. The van der Waals surface area contributed by atoms with E-state index >= 15 is 0 Å². The van der Waals surface area contributed by atoms with E-state index in [0.29, 0.717) is 64.6 Å². The Morgan fingerprint density at radius 1 is 1.07 bits per heavy atom. The van der Waals surface area contributed by atoms with Gasteiger partial charge >= 0.3 is 5.97 Å². The van der Waals surface area contributed by atoms with Gasteiger partial charge in [-0.05, 0) is 61.1 Å². The Balaban J connectivity index is 1.32. The van der Waals surface area contributed by atoms with Crippen molar-refractivity contribution in [3.05, 3.63) is 62.7 Å². The van der Waals surface area contributed by atoms with Gasteiger partial charge in [-0.1, -0.05) is 6.07 Å². The maximum Gasteiger partial charge on any atom is 0.308 e. The highest BCUT2D eigenvalue weighted by atomic mass is 32.2. The van der Waals surface area contributed by atoms with Crippen molar-refractivity contribution < 1.29 is 48.5 Å². The maximum absolute atomic E-state index is 12.9. The van der Waals surface area contributed by atoms with E-state index in [4.69, 9.17) is 28.4 Å². The molecule has 4 bridgehead atoms. The van der Waals surface area contributed by atoms with Crippen LogP contribution in [0, 0.1) is 25.2 Å². The van der Waals surface area contributed by atoms with Gasteiger partial charge in [0.05, 0.1) is 44.2 Å². The van der Waals surface area contributed by atoms with Crippen LogP contribution in [0.4, 0.5) is 0 Å². The first-order chi connectivity index (χ1) is 26.0. The van der Waals surface area contributed by atoms with E-state index < -0.39 is 47.2 Å². The number of ether oxygens (including phenoxy) is 6. The third-order valence-corrected chi connectivity index (χ3v) is 13.6. The number of carbonyl (C=O) groups excluding carboxylic acids is 1. The molecule has 7 aliphatic rings. The quantitative estimate of drug-likeness (QED) is 0.193. The number of piperazine rings is 1. The standard InChI is InChI=1S/C39H42N4O10S/c1-16-8-20-9-22-23(12-40)43-24-13-50-38(47)39(21-11-26(48-4)25(45)10-19(21)6-7-41-39)14-54-37(31(43)30(42-22)27(20)32(46)33(16)49-5)29-28(24)36-35(51-15-52-36)17(2)34(29)53-18(3)44/h8,10-11,22-24,30-31,37-38,41-42,45-47H,6-7,9,13-15H2,1-5H3/t22-,23+,24-,30-,31?,37-,38?,39?/m1/s1. The molecule has 1 spiro atoms. The number of thioether (sulfide) groups is 1. The lowest BCUT2D eigenvalue weighted by Crippen LogP contribution is -2.69. The second kappa shape index (κ2) is 12.8. The first kappa shape index (κ1) is 35.3. The number of rotatable bonds is 3. The number of aromatic hydroxyl groups is 2. The van der Waals surface area contributed by atoms with Gasteiger partial charge in [0.15, 0.2) is 40.8 Å². The Labute approximate surface area is 316 Å². The van der Waals surface area contributed by atoms with Crippen molar-refractivity contribution >= 4 is 17.7 Å². The summed E-state index contributed by atoms with van der Waals surface area (Å²) < 4.78 is 36.2. The lowest BCUT2D eigenvalue weighted by Gasteiger charge is -2.59. The number of nitriles is 1. The fourth-order valence-corrected chi connectivity index (χ4v) is 11.7. The average molecular weight is 759 g/mol. The number of fused-ring (bicyclic) bond motifs is 9. The monoisotopic (exact) mass is 758 g/mol. The third kappa shape index (κ3) is 4.87. The number of phenols is 2. The molecule has 0 aromatic heterocycles. The number of aliphatic hydroxyl groups is 1. The lowest BCUT2D eigenvalue weighted by atomic mass is 9.72. The highest BCUT2D eigenvalue weighted by Gasteiger charge is 2.60. The van der Waals surface area contributed by atoms with Crippen LogP contribution in [-0.2, 0) is 27.9 Å². The molecule has 3 aromatic rings. The molecule has 0 amide bonds. The molecular weight excluding hydrogens is 717 g/mol. The van der Waals surface area contributed by atoms with Gasteiger partial charge in [-0.15, -0.1) is 11.8 Å². The summed E-state index contributed by atoms with van der Waals surface area (Å²) in [6, 6.07) is 5.36. The molecule has 3 unspecified atom stereocenters. The predicted molar refractivity (Wildman–Crippen MR) is 194 cm³/mol. The Kier molecular flexibility index (Phi) is 8.38. The first-order valence-corrected chi connectivity index (χ1v) is 19.1. The predicted octanol–water partition coefficient (Wildman–Crippen LogP) is 3.44. The van der Waals surface area contributed by atoms with Crippen molar-refractivity contribution in [1.29, 1.82) is 5.26 Å². The number of aliphatic hydroxyl groups excluding tert-OH is 1. The molecule has 5 N–H and O–H groups in total. The summed E-state index contributed by atoms with van der Waals surface area (Å²) in [5.74, 6) is 1.71. The minimum atomic E-state index is -1.37. The summed E-state index contributed by atoms with van der Waals surface area (Å²) in [6.07, 6.45) is -0.288. The number of aryl methyl sites for hydroxylation is 1. The van der Waals surface area contributed by atoms with Crippen molar-refractivity contribution in [3.63, 3.8) is 0 Å². The van der Waals surface area contributed by atoms with Gasteiger partial charge in [0.2, 0.25) is 6.79 Å². The molecule has 7 aliphatic heterocycles. The number of carbonyl (C=O) groups is 1.